The van der Waals surface area contributed by atoms with E-state index in [2.05, 4.69) is 19.2 Å². The molecule has 2 heteroatoms. The summed E-state index contributed by atoms with van der Waals surface area (Å²) in [5.74, 6) is 0.841. The third kappa shape index (κ3) is 3.48. The molecule has 1 aliphatic carbocycles. The number of hydrogen-bond acceptors (Lipinski definition) is 2. The summed E-state index contributed by atoms with van der Waals surface area (Å²) in [6.07, 6.45) is 12.1. The number of nitrogens with one attached hydrogen (secondary N) is 1. The quantitative estimate of drug-likeness (QED) is 0.802. The summed E-state index contributed by atoms with van der Waals surface area (Å²) >= 11 is 0. The van der Waals surface area contributed by atoms with E-state index in [0.29, 0.717) is 6.04 Å². The Balaban J connectivity index is 2.02. The highest BCUT2D eigenvalue weighted by Gasteiger charge is 2.40. The molecule has 1 saturated carbocycles. The van der Waals surface area contributed by atoms with Crippen molar-refractivity contribution in [2.45, 2.75) is 83.3 Å². The zero-order chi connectivity index (χ0) is 12.8. The standard InChI is InChI=1S/C16H31NO/c1-3-12-17-15(14-9-5-4-6-10-14)16(2)11-7-8-13-18-16/h14-15,17H,3-13H2,1-2H3. The fourth-order valence-electron chi connectivity index (χ4n) is 3.85. The Labute approximate surface area is 113 Å². The SMILES string of the molecule is CCCNC(C1CCCCC1)C1(C)CCCCO1. The first-order chi connectivity index (χ1) is 8.76. The molecular weight excluding hydrogens is 222 g/mol. The van der Waals surface area contributed by atoms with Gasteiger partial charge in [-0.3, -0.25) is 0 Å². The summed E-state index contributed by atoms with van der Waals surface area (Å²) in [4.78, 5) is 0. The van der Waals surface area contributed by atoms with Gasteiger partial charge < -0.3 is 10.1 Å². The zero-order valence-corrected chi connectivity index (χ0v) is 12.3. The largest absolute Gasteiger partial charge is 0.374 e. The third-order valence-electron chi connectivity index (χ3n) is 4.89. The Morgan fingerprint density at radius 2 is 1.94 bits per heavy atom. The Morgan fingerprint density at radius 1 is 1.17 bits per heavy atom. The van der Waals surface area contributed by atoms with Crippen molar-refractivity contribution < 1.29 is 4.74 Å². The molecule has 2 fully saturated rings. The summed E-state index contributed by atoms with van der Waals surface area (Å²) in [6, 6.07) is 0.582. The van der Waals surface area contributed by atoms with E-state index in [4.69, 9.17) is 4.74 Å². The van der Waals surface area contributed by atoms with E-state index in [0.717, 1.165) is 19.1 Å². The Morgan fingerprint density at radius 3 is 2.56 bits per heavy atom. The molecule has 0 radical (unpaired) electrons. The van der Waals surface area contributed by atoms with Gasteiger partial charge >= 0.3 is 0 Å². The molecule has 0 amide bonds. The van der Waals surface area contributed by atoms with Gasteiger partial charge in [-0.1, -0.05) is 26.2 Å². The molecule has 0 aromatic carbocycles. The van der Waals surface area contributed by atoms with E-state index in [9.17, 15) is 0 Å². The van der Waals surface area contributed by atoms with Gasteiger partial charge in [0.25, 0.3) is 0 Å². The van der Waals surface area contributed by atoms with Crippen LogP contribution in [-0.2, 0) is 4.74 Å². The predicted molar refractivity (Wildman–Crippen MR) is 76.9 cm³/mol. The number of hydrogen-bond donors (Lipinski definition) is 1. The summed E-state index contributed by atoms with van der Waals surface area (Å²) in [7, 11) is 0. The maximum absolute atomic E-state index is 6.22. The van der Waals surface area contributed by atoms with Crippen molar-refractivity contribution in [2.75, 3.05) is 13.2 Å². The molecule has 1 heterocycles. The van der Waals surface area contributed by atoms with Crippen molar-refractivity contribution in [1.82, 2.24) is 5.32 Å². The second-order valence-electron chi connectivity index (χ2n) is 6.45. The van der Waals surface area contributed by atoms with Gasteiger partial charge in [0, 0.05) is 12.6 Å². The van der Waals surface area contributed by atoms with Crippen LogP contribution in [0, 0.1) is 5.92 Å². The van der Waals surface area contributed by atoms with Gasteiger partial charge in [0.1, 0.15) is 0 Å². The van der Waals surface area contributed by atoms with Crippen molar-refractivity contribution in [3.63, 3.8) is 0 Å². The van der Waals surface area contributed by atoms with Crippen LogP contribution in [0.3, 0.4) is 0 Å². The van der Waals surface area contributed by atoms with E-state index in [1.54, 1.807) is 0 Å². The highest BCUT2D eigenvalue weighted by Crippen LogP contribution is 2.37. The van der Waals surface area contributed by atoms with Crippen molar-refractivity contribution in [3.05, 3.63) is 0 Å². The first-order valence-electron chi connectivity index (χ1n) is 8.13. The first-order valence-corrected chi connectivity index (χ1v) is 8.13. The Kier molecular flexibility index (Phi) is 5.50. The normalized spacial score (nSPS) is 32.3. The molecule has 2 nitrogen and oxygen atoms in total. The molecule has 1 N–H and O–H groups in total. The predicted octanol–water partition coefficient (Wildman–Crippen LogP) is 3.89. The smallest absolute Gasteiger partial charge is 0.0809 e. The highest BCUT2D eigenvalue weighted by molar-refractivity contribution is 4.96. The van der Waals surface area contributed by atoms with E-state index in [-0.39, 0.29) is 5.60 Å². The summed E-state index contributed by atoms with van der Waals surface area (Å²) in [5.41, 5.74) is 0.0927. The molecule has 0 spiro atoms. The summed E-state index contributed by atoms with van der Waals surface area (Å²) in [5, 5.41) is 3.82. The second-order valence-corrected chi connectivity index (χ2v) is 6.45. The van der Waals surface area contributed by atoms with Crippen molar-refractivity contribution in [1.29, 1.82) is 0 Å². The van der Waals surface area contributed by atoms with Crippen molar-refractivity contribution in [2.24, 2.45) is 5.92 Å². The van der Waals surface area contributed by atoms with Crippen LogP contribution in [0.1, 0.15) is 71.6 Å². The second kappa shape index (κ2) is 6.91. The number of rotatable bonds is 5. The van der Waals surface area contributed by atoms with Crippen molar-refractivity contribution >= 4 is 0 Å². The number of ether oxygens (including phenoxy) is 1. The van der Waals surface area contributed by atoms with Crippen LogP contribution < -0.4 is 5.32 Å². The van der Waals surface area contributed by atoms with Gasteiger partial charge in [-0.2, -0.15) is 0 Å². The summed E-state index contributed by atoms with van der Waals surface area (Å²) < 4.78 is 6.22. The van der Waals surface area contributed by atoms with Crippen LogP contribution >= 0.6 is 0 Å². The third-order valence-corrected chi connectivity index (χ3v) is 4.89. The van der Waals surface area contributed by atoms with Gasteiger partial charge in [0.05, 0.1) is 5.60 Å². The van der Waals surface area contributed by atoms with E-state index in [1.807, 2.05) is 0 Å². The molecule has 18 heavy (non-hydrogen) atoms. The van der Waals surface area contributed by atoms with Gasteiger partial charge in [-0.15, -0.1) is 0 Å². The lowest BCUT2D eigenvalue weighted by Crippen LogP contribution is -2.56. The molecule has 1 aliphatic heterocycles. The molecule has 106 valence electrons. The lowest BCUT2D eigenvalue weighted by atomic mass is 9.74. The highest BCUT2D eigenvalue weighted by atomic mass is 16.5. The van der Waals surface area contributed by atoms with E-state index in [1.165, 1.54) is 57.8 Å². The Hall–Kier alpha value is -0.0800. The molecule has 0 aromatic rings. The Bertz CT molecular complexity index is 229. The minimum Gasteiger partial charge on any atom is -0.374 e. The fraction of sp³-hybridized carbons (Fsp3) is 1.00. The van der Waals surface area contributed by atoms with E-state index < -0.39 is 0 Å². The van der Waals surface area contributed by atoms with Crippen LogP contribution in [0.4, 0.5) is 0 Å². The lowest BCUT2D eigenvalue weighted by Gasteiger charge is -2.45. The van der Waals surface area contributed by atoms with Crippen molar-refractivity contribution in [3.8, 4) is 0 Å². The summed E-state index contributed by atoms with van der Waals surface area (Å²) in [6.45, 7) is 6.72. The molecular formula is C16H31NO. The van der Waals surface area contributed by atoms with Crippen LogP contribution in [0.5, 0.6) is 0 Å². The van der Waals surface area contributed by atoms with Crippen LogP contribution in [0.2, 0.25) is 0 Å². The average Bonchev–Trinajstić information content (AvgIpc) is 2.41. The zero-order valence-electron chi connectivity index (χ0n) is 12.3. The maximum Gasteiger partial charge on any atom is 0.0809 e. The van der Waals surface area contributed by atoms with Gasteiger partial charge in [0.15, 0.2) is 0 Å². The monoisotopic (exact) mass is 253 g/mol. The maximum atomic E-state index is 6.22. The molecule has 0 aromatic heterocycles. The van der Waals surface area contributed by atoms with Gasteiger partial charge in [-0.05, 0) is 57.9 Å². The average molecular weight is 253 g/mol. The van der Waals surface area contributed by atoms with E-state index >= 15 is 0 Å². The van der Waals surface area contributed by atoms with Crippen LogP contribution in [0.25, 0.3) is 0 Å². The molecule has 0 bridgehead atoms. The minimum absolute atomic E-state index is 0.0927. The molecule has 2 rings (SSSR count). The van der Waals surface area contributed by atoms with Gasteiger partial charge in [0.2, 0.25) is 0 Å². The first kappa shape index (κ1) is 14.3. The van der Waals surface area contributed by atoms with Crippen LogP contribution in [-0.4, -0.2) is 24.8 Å². The van der Waals surface area contributed by atoms with Gasteiger partial charge in [-0.25, -0.2) is 0 Å². The topological polar surface area (TPSA) is 21.3 Å². The lowest BCUT2D eigenvalue weighted by molar-refractivity contribution is -0.103. The minimum atomic E-state index is 0.0927. The molecule has 1 saturated heterocycles. The molecule has 2 unspecified atom stereocenters. The molecule has 2 atom stereocenters. The van der Waals surface area contributed by atoms with Crippen LogP contribution in [0.15, 0.2) is 0 Å². The fourth-order valence-corrected chi connectivity index (χ4v) is 3.85. The molecule has 2 aliphatic rings.